The van der Waals surface area contributed by atoms with E-state index in [1.807, 2.05) is 54.6 Å². The Bertz CT molecular complexity index is 643. The number of hydrogen-bond donors (Lipinski definition) is 2. The highest BCUT2D eigenvalue weighted by Crippen LogP contribution is 2.21. The Morgan fingerprint density at radius 3 is 2.58 bits per heavy atom. The van der Waals surface area contributed by atoms with E-state index in [-0.39, 0.29) is 24.2 Å². The standard InChI is InChI=1S/C19H22N2O2.ClH/c22-19(16-9-11-20-12-10-16)21-17-7-4-8-18(13-17)23-14-15-5-2-1-3-6-15;/h1-8,13,16,20H,9-12,14H2,(H,21,22);1H. The molecule has 2 N–H and O–H groups in total. The quantitative estimate of drug-likeness (QED) is 0.869. The number of carbonyl (C=O) groups is 1. The number of ether oxygens (including phenoxy) is 1. The fourth-order valence-corrected chi connectivity index (χ4v) is 2.73. The van der Waals surface area contributed by atoms with Crippen molar-refractivity contribution >= 4 is 24.0 Å². The molecule has 2 aromatic rings. The third-order valence-electron chi connectivity index (χ3n) is 4.06. The van der Waals surface area contributed by atoms with E-state index in [4.69, 9.17) is 4.74 Å². The van der Waals surface area contributed by atoms with Gasteiger partial charge >= 0.3 is 0 Å². The van der Waals surface area contributed by atoms with Crippen LogP contribution >= 0.6 is 12.4 Å². The van der Waals surface area contributed by atoms with E-state index in [9.17, 15) is 4.79 Å². The molecule has 1 heterocycles. The van der Waals surface area contributed by atoms with E-state index >= 15 is 0 Å². The van der Waals surface area contributed by atoms with Crippen molar-refractivity contribution < 1.29 is 9.53 Å². The van der Waals surface area contributed by atoms with Gasteiger partial charge in [0.05, 0.1) is 0 Å². The van der Waals surface area contributed by atoms with Crippen LogP contribution in [-0.4, -0.2) is 19.0 Å². The van der Waals surface area contributed by atoms with E-state index in [0.29, 0.717) is 6.61 Å². The summed E-state index contributed by atoms with van der Waals surface area (Å²) in [4.78, 5) is 12.3. The Morgan fingerprint density at radius 1 is 1.08 bits per heavy atom. The number of anilines is 1. The van der Waals surface area contributed by atoms with Crippen LogP contribution in [0.5, 0.6) is 5.75 Å². The summed E-state index contributed by atoms with van der Waals surface area (Å²) >= 11 is 0. The first-order valence-corrected chi connectivity index (χ1v) is 8.09. The predicted octanol–water partition coefficient (Wildman–Crippen LogP) is 3.63. The number of piperidine rings is 1. The Hall–Kier alpha value is -2.04. The molecule has 0 aliphatic carbocycles. The molecule has 1 fully saturated rings. The lowest BCUT2D eigenvalue weighted by Crippen LogP contribution is -2.34. The fraction of sp³-hybridized carbons (Fsp3) is 0.316. The van der Waals surface area contributed by atoms with Gasteiger partial charge in [-0.2, -0.15) is 0 Å². The minimum Gasteiger partial charge on any atom is -0.489 e. The Kier molecular flexibility index (Phi) is 7.09. The van der Waals surface area contributed by atoms with Crippen molar-refractivity contribution in [2.45, 2.75) is 19.4 Å². The van der Waals surface area contributed by atoms with Crippen molar-refractivity contribution in [1.29, 1.82) is 0 Å². The van der Waals surface area contributed by atoms with Gasteiger partial charge in [0.25, 0.3) is 0 Å². The number of carbonyl (C=O) groups excluding carboxylic acids is 1. The van der Waals surface area contributed by atoms with Crippen molar-refractivity contribution in [3.05, 3.63) is 60.2 Å². The summed E-state index contributed by atoms with van der Waals surface area (Å²) in [7, 11) is 0. The number of halogens is 1. The second kappa shape index (κ2) is 9.30. The van der Waals surface area contributed by atoms with Crippen LogP contribution in [-0.2, 0) is 11.4 Å². The van der Waals surface area contributed by atoms with Gasteiger partial charge < -0.3 is 15.4 Å². The average molecular weight is 347 g/mol. The number of nitrogens with one attached hydrogen (secondary N) is 2. The van der Waals surface area contributed by atoms with Crippen LogP contribution in [0.2, 0.25) is 0 Å². The van der Waals surface area contributed by atoms with Crippen LogP contribution in [0, 0.1) is 5.92 Å². The van der Waals surface area contributed by atoms with Gasteiger partial charge in [-0.1, -0.05) is 36.4 Å². The van der Waals surface area contributed by atoms with Crippen molar-refractivity contribution in [3.8, 4) is 5.75 Å². The lowest BCUT2D eigenvalue weighted by atomic mass is 9.97. The molecule has 1 aliphatic heterocycles. The first-order chi connectivity index (χ1) is 11.3. The summed E-state index contributed by atoms with van der Waals surface area (Å²) in [5.74, 6) is 0.966. The average Bonchev–Trinajstić information content (AvgIpc) is 2.62. The highest BCUT2D eigenvalue weighted by molar-refractivity contribution is 5.92. The predicted molar refractivity (Wildman–Crippen MR) is 98.7 cm³/mol. The number of rotatable bonds is 5. The third-order valence-corrected chi connectivity index (χ3v) is 4.06. The normalized spacial score (nSPS) is 14.5. The molecule has 1 aliphatic rings. The smallest absolute Gasteiger partial charge is 0.227 e. The summed E-state index contributed by atoms with van der Waals surface area (Å²) < 4.78 is 5.80. The third kappa shape index (κ3) is 5.25. The van der Waals surface area contributed by atoms with Gasteiger partial charge in [-0.25, -0.2) is 0 Å². The summed E-state index contributed by atoms with van der Waals surface area (Å²) in [6.45, 7) is 2.35. The molecule has 0 aromatic heterocycles. The maximum atomic E-state index is 12.3. The van der Waals surface area contributed by atoms with Crippen LogP contribution in [0.15, 0.2) is 54.6 Å². The van der Waals surface area contributed by atoms with Crippen LogP contribution in [0.4, 0.5) is 5.69 Å². The largest absolute Gasteiger partial charge is 0.489 e. The van der Waals surface area contributed by atoms with Crippen LogP contribution in [0.1, 0.15) is 18.4 Å². The summed E-state index contributed by atoms with van der Waals surface area (Å²) in [5.41, 5.74) is 1.91. The Balaban J connectivity index is 0.00000208. The van der Waals surface area contributed by atoms with E-state index in [1.54, 1.807) is 0 Å². The zero-order valence-corrected chi connectivity index (χ0v) is 14.4. The minimum atomic E-state index is 0. The highest BCUT2D eigenvalue weighted by atomic mass is 35.5. The summed E-state index contributed by atoms with van der Waals surface area (Å²) in [6.07, 6.45) is 1.80. The lowest BCUT2D eigenvalue weighted by Gasteiger charge is -2.21. The molecule has 4 nitrogen and oxygen atoms in total. The van der Waals surface area contributed by atoms with Crippen molar-refractivity contribution in [1.82, 2.24) is 5.32 Å². The second-order valence-electron chi connectivity index (χ2n) is 5.82. The van der Waals surface area contributed by atoms with Crippen molar-refractivity contribution in [3.63, 3.8) is 0 Å². The molecule has 0 bridgehead atoms. The Morgan fingerprint density at radius 2 is 1.83 bits per heavy atom. The number of hydrogen-bond acceptors (Lipinski definition) is 3. The molecule has 0 unspecified atom stereocenters. The van der Waals surface area contributed by atoms with E-state index in [0.717, 1.165) is 42.9 Å². The van der Waals surface area contributed by atoms with Gasteiger partial charge in [0, 0.05) is 17.7 Å². The second-order valence-corrected chi connectivity index (χ2v) is 5.82. The number of amides is 1. The van der Waals surface area contributed by atoms with Gasteiger partial charge in [0.1, 0.15) is 12.4 Å². The zero-order valence-electron chi connectivity index (χ0n) is 13.5. The highest BCUT2D eigenvalue weighted by Gasteiger charge is 2.20. The molecule has 24 heavy (non-hydrogen) atoms. The van der Waals surface area contributed by atoms with Crippen LogP contribution < -0.4 is 15.4 Å². The SMILES string of the molecule is Cl.O=C(Nc1cccc(OCc2ccccc2)c1)C1CCNCC1. The van der Waals surface area contributed by atoms with E-state index in [2.05, 4.69) is 10.6 Å². The molecule has 5 heteroatoms. The molecule has 0 spiro atoms. The molecule has 3 rings (SSSR count). The van der Waals surface area contributed by atoms with Crippen molar-refractivity contribution in [2.75, 3.05) is 18.4 Å². The van der Waals surface area contributed by atoms with Gasteiger partial charge in [-0.15, -0.1) is 12.4 Å². The minimum absolute atomic E-state index is 0. The summed E-state index contributed by atoms with van der Waals surface area (Å²) in [5, 5.41) is 6.28. The maximum absolute atomic E-state index is 12.3. The van der Waals surface area contributed by atoms with Gasteiger partial charge in [-0.05, 0) is 43.6 Å². The number of benzene rings is 2. The zero-order chi connectivity index (χ0) is 15.9. The summed E-state index contributed by atoms with van der Waals surface area (Å²) in [6, 6.07) is 17.6. The molecular formula is C19H23ClN2O2. The van der Waals surface area contributed by atoms with E-state index in [1.165, 1.54) is 0 Å². The molecule has 1 saturated heterocycles. The monoisotopic (exact) mass is 346 g/mol. The molecule has 1 amide bonds. The maximum Gasteiger partial charge on any atom is 0.227 e. The van der Waals surface area contributed by atoms with Crippen LogP contribution in [0.3, 0.4) is 0 Å². The van der Waals surface area contributed by atoms with E-state index < -0.39 is 0 Å². The molecular weight excluding hydrogens is 324 g/mol. The molecule has 2 aromatic carbocycles. The molecule has 0 atom stereocenters. The fourth-order valence-electron chi connectivity index (χ4n) is 2.73. The molecule has 0 radical (unpaired) electrons. The first-order valence-electron chi connectivity index (χ1n) is 8.09. The Labute approximate surface area is 149 Å². The molecule has 0 saturated carbocycles. The van der Waals surface area contributed by atoms with Crippen LogP contribution in [0.25, 0.3) is 0 Å². The first kappa shape index (κ1) is 18.3. The van der Waals surface area contributed by atoms with Crippen molar-refractivity contribution in [2.24, 2.45) is 5.92 Å². The van der Waals surface area contributed by atoms with Gasteiger partial charge in [-0.3, -0.25) is 4.79 Å². The lowest BCUT2D eigenvalue weighted by molar-refractivity contribution is -0.120. The van der Waals surface area contributed by atoms with Gasteiger partial charge in [0.2, 0.25) is 5.91 Å². The van der Waals surface area contributed by atoms with Gasteiger partial charge in [0.15, 0.2) is 0 Å². The topological polar surface area (TPSA) is 50.4 Å². The molecule has 128 valence electrons.